The summed E-state index contributed by atoms with van der Waals surface area (Å²) in [5.41, 5.74) is 0. The van der Waals surface area contributed by atoms with Gasteiger partial charge in [0.25, 0.3) is 0 Å². The highest BCUT2D eigenvalue weighted by Crippen LogP contribution is 2.39. The zero-order valence-corrected chi connectivity index (χ0v) is 13.0. The number of aromatic nitrogens is 2. The first-order valence-electron chi connectivity index (χ1n) is 7.78. The van der Waals surface area contributed by atoms with Gasteiger partial charge < -0.3 is 9.84 Å². The summed E-state index contributed by atoms with van der Waals surface area (Å²) >= 11 is 1.95. The van der Waals surface area contributed by atoms with Gasteiger partial charge in [0, 0.05) is 26.2 Å². The molecule has 0 saturated carbocycles. The minimum Gasteiger partial charge on any atom is -0.338 e. The van der Waals surface area contributed by atoms with Crippen LogP contribution in [0.4, 0.5) is 0 Å². The first kappa shape index (κ1) is 14.4. The number of rotatable bonds is 5. The van der Waals surface area contributed by atoms with Gasteiger partial charge in [-0.2, -0.15) is 4.98 Å². The number of nitrogens with one attached hydrogen (secondary N) is 1. The van der Waals surface area contributed by atoms with Crippen molar-refractivity contribution >= 4 is 11.8 Å². The van der Waals surface area contributed by atoms with Crippen LogP contribution in [0.1, 0.15) is 55.6 Å². The standard InChI is InChI=1S/C14H24N4OS/c1-2-4-11(18-8-6-15-7-9-18)13-16-14(19-17-13)12-5-3-10-20-12/h11-12,15H,2-10H2,1H3. The molecule has 112 valence electrons. The van der Waals surface area contributed by atoms with Gasteiger partial charge in [-0.1, -0.05) is 18.5 Å². The number of hydrogen-bond donors (Lipinski definition) is 1. The molecule has 2 atom stereocenters. The van der Waals surface area contributed by atoms with Crippen LogP contribution < -0.4 is 5.32 Å². The highest BCUT2D eigenvalue weighted by Gasteiger charge is 2.29. The number of hydrogen-bond acceptors (Lipinski definition) is 6. The minimum atomic E-state index is 0.325. The molecule has 2 aliphatic rings. The van der Waals surface area contributed by atoms with Gasteiger partial charge in [-0.25, -0.2) is 0 Å². The molecule has 0 radical (unpaired) electrons. The van der Waals surface area contributed by atoms with Crippen LogP contribution in [0.25, 0.3) is 0 Å². The summed E-state index contributed by atoms with van der Waals surface area (Å²) in [6, 6.07) is 0.325. The van der Waals surface area contributed by atoms with E-state index in [0.29, 0.717) is 11.3 Å². The quantitative estimate of drug-likeness (QED) is 0.900. The Morgan fingerprint density at radius 2 is 2.30 bits per heavy atom. The van der Waals surface area contributed by atoms with Crippen molar-refractivity contribution in [3.8, 4) is 0 Å². The molecule has 0 spiro atoms. The molecule has 0 bridgehead atoms. The Hall–Kier alpha value is -0.590. The van der Waals surface area contributed by atoms with Crippen LogP contribution >= 0.6 is 11.8 Å². The lowest BCUT2D eigenvalue weighted by Gasteiger charge is -2.33. The zero-order chi connectivity index (χ0) is 13.8. The number of nitrogens with zero attached hydrogens (tertiary/aromatic N) is 3. The van der Waals surface area contributed by atoms with E-state index in [9.17, 15) is 0 Å². The van der Waals surface area contributed by atoms with Crippen LogP contribution in [0.15, 0.2) is 4.52 Å². The van der Waals surface area contributed by atoms with Gasteiger partial charge in [-0.05, 0) is 25.0 Å². The molecule has 2 fully saturated rings. The maximum Gasteiger partial charge on any atom is 0.239 e. The summed E-state index contributed by atoms with van der Waals surface area (Å²) in [4.78, 5) is 7.22. The fourth-order valence-corrected chi connectivity index (χ4v) is 4.22. The Labute approximate surface area is 124 Å². The largest absolute Gasteiger partial charge is 0.338 e. The maximum absolute atomic E-state index is 5.54. The number of thioether (sulfide) groups is 1. The van der Waals surface area contributed by atoms with Crippen molar-refractivity contribution in [3.63, 3.8) is 0 Å². The Kier molecular flexibility index (Phi) is 4.96. The van der Waals surface area contributed by atoms with Crippen LogP contribution in [0.3, 0.4) is 0 Å². The first-order chi connectivity index (χ1) is 9.88. The van der Waals surface area contributed by atoms with E-state index in [2.05, 4.69) is 22.3 Å². The Balaban J connectivity index is 1.72. The van der Waals surface area contributed by atoms with Gasteiger partial charge >= 0.3 is 0 Å². The van der Waals surface area contributed by atoms with E-state index in [-0.39, 0.29) is 0 Å². The third kappa shape index (κ3) is 3.18. The highest BCUT2D eigenvalue weighted by molar-refractivity contribution is 7.99. The SMILES string of the molecule is CCCC(c1noc(C2CCCS2)n1)N1CCNCC1. The Bertz CT molecular complexity index is 413. The van der Waals surface area contributed by atoms with E-state index in [1.54, 1.807) is 0 Å². The minimum absolute atomic E-state index is 0.325. The van der Waals surface area contributed by atoms with Crippen LogP contribution in [-0.2, 0) is 0 Å². The van der Waals surface area contributed by atoms with E-state index in [1.165, 1.54) is 18.6 Å². The van der Waals surface area contributed by atoms with Crippen molar-refractivity contribution in [1.29, 1.82) is 0 Å². The fraction of sp³-hybridized carbons (Fsp3) is 0.857. The molecule has 20 heavy (non-hydrogen) atoms. The summed E-state index contributed by atoms with van der Waals surface area (Å²) in [5.74, 6) is 2.97. The molecule has 0 amide bonds. The fourth-order valence-electron chi connectivity index (χ4n) is 3.03. The summed E-state index contributed by atoms with van der Waals surface area (Å²) in [6.07, 6.45) is 4.70. The second-order valence-corrected chi connectivity index (χ2v) is 6.89. The summed E-state index contributed by atoms with van der Waals surface area (Å²) in [6.45, 7) is 6.50. The zero-order valence-electron chi connectivity index (χ0n) is 12.2. The molecular weight excluding hydrogens is 272 g/mol. The van der Waals surface area contributed by atoms with Gasteiger partial charge in [-0.15, -0.1) is 11.8 Å². The second-order valence-electron chi connectivity index (χ2n) is 5.58. The molecule has 5 nitrogen and oxygen atoms in total. The van der Waals surface area contributed by atoms with Gasteiger partial charge in [-0.3, -0.25) is 4.90 Å². The molecule has 1 aromatic rings. The molecule has 1 N–H and O–H groups in total. The lowest BCUT2D eigenvalue weighted by Crippen LogP contribution is -2.45. The van der Waals surface area contributed by atoms with Crippen LogP contribution in [0.5, 0.6) is 0 Å². The van der Waals surface area contributed by atoms with E-state index >= 15 is 0 Å². The average Bonchev–Trinajstić information content (AvgIpc) is 3.16. The Morgan fingerprint density at radius 3 is 3.00 bits per heavy atom. The molecule has 2 aliphatic heterocycles. The molecule has 0 aromatic carbocycles. The highest BCUT2D eigenvalue weighted by atomic mass is 32.2. The predicted octanol–water partition coefficient (Wildman–Crippen LogP) is 2.38. The predicted molar refractivity (Wildman–Crippen MR) is 80.8 cm³/mol. The van der Waals surface area contributed by atoms with Gasteiger partial charge in [0.1, 0.15) is 0 Å². The van der Waals surface area contributed by atoms with Crippen LogP contribution in [-0.4, -0.2) is 47.0 Å². The molecule has 2 saturated heterocycles. The molecule has 0 aliphatic carbocycles. The molecule has 2 unspecified atom stereocenters. The van der Waals surface area contributed by atoms with E-state index in [0.717, 1.165) is 50.7 Å². The molecule has 3 heterocycles. The number of piperazine rings is 1. The van der Waals surface area contributed by atoms with Crippen LogP contribution in [0.2, 0.25) is 0 Å². The third-order valence-corrected chi connectivity index (χ3v) is 5.48. The van der Waals surface area contributed by atoms with Crippen LogP contribution in [0, 0.1) is 0 Å². The normalized spacial score (nSPS) is 25.9. The summed E-state index contributed by atoms with van der Waals surface area (Å²) in [5, 5.41) is 8.13. The second kappa shape index (κ2) is 6.91. The maximum atomic E-state index is 5.54. The Morgan fingerprint density at radius 1 is 1.45 bits per heavy atom. The van der Waals surface area contributed by atoms with Gasteiger partial charge in [0.15, 0.2) is 5.82 Å². The third-order valence-electron chi connectivity index (χ3n) is 4.12. The van der Waals surface area contributed by atoms with Gasteiger partial charge in [0.2, 0.25) is 5.89 Å². The average molecular weight is 296 g/mol. The van der Waals surface area contributed by atoms with Crippen molar-refractivity contribution in [2.75, 3.05) is 31.9 Å². The molecule has 6 heteroatoms. The van der Waals surface area contributed by atoms with E-state index in [1.807, 2.05) is 11.8 Å². The van der Waals surface area contributed by atoms with Crippen molar-refractivity contribution < 1.29 is 4.52 Å². The molecule has 3 rings (SSSR count). The molecule has 1 aromatic heterocycles. The topological polar surface area (TPSA) is 54.2 Å². The summed E-state index contributed by atoms with van der Waals surface area (Å²) in [7, 11) is 0. The lowest BCUT2D eigenvalue weighted by atomic mass is 10.1. The van der Waals surface area contributed by atoms with Gasteiger partial charge in [0.05, 0.1) is 11.3 Å². The van der Waals surface area contributed by atoms with E-state index < -0.39 is 0 Å². The summed E-state index contributed by atoms with van der Waals surface area (Å²) < 4.78 is 5.54. The van der Waals surface area contributed by atoms with Crippen molar-refractivity contribution in [2.24, 2.45) is 0 Å². The van der Waals surface area contributed by atoms with E-state index in [4.69, 9.17) is 9.51 Å². The van der Waals surface area contributed by atoms with Crippen molar-refractivity contribution in [2.45, 2.75) is 43.9 Å². The molecular formula is C14H24N4OS. The van der Waals surface area contributed by atoms with Crippen molar-refractivity contribution in [1.82, 2.24) is 20.4 Å². The first-order valence-corrected chi connectivity index (χ1v) is 8.83. The lowest BCUT2D eigenvalue weighted by molar-refractivity contribution is 0.155. The smallest absolute Gasteiger partial charge is 0.239 e. The van der Waals surface area contributed by atoms with Crippen molar-refractivity contribution in [3.05, 3.63) is 11.7 Å². The monoisotopic (exact) mass is 296 g/mol.